The van der Waals surface area contributed by atoms with E-state index in [1.54, 1.807) is 36.8 Å². The lowest BCUT2D eigenvalue weighted by molar-refractivity contribution is -0.174. The quantitative estimate of drug-likeness (QED) is 0.0919. The van der Waals surface area contributed by atoms with Gasteiger partial charge in [0.1, 0.15) is 17.3 Å². The predicted octanol–water partition coefficient (Wildman–Crippen LogP) is 6.57. The Morgan fingerprint density at radius 3 is 2.52 bits per heavy atom. The minimum absolute atomic E-state index is 0.119. The van der Waals surface area contributed by atoms with E-state index in [0.717, 1.165) is 5.56 Å². The van der Waals surface area contributed by atoms with Crippen LogP contribution in [0.4, 0.5) is 4.39 Å². The summed E-state index contributed by atoms with van der Waals surface area (Å²) in [5.74, 6) is -0.345. The number of cyclic esters (lactones) is 1. The number of rotatable bonds is 12. The molecule has 1 saturated heterocycles. The molecule has 3 atom stereocenters. The van der Waals surface area contributed by atoms with Gasteiger partial charge in [-0.25, -0.2) is 9.18 Å². The van der Waals surface area contributed by atoms with Crippen LogP contribution in [0.1, 0.15) is 72.1 Å². The number of allylic oxidation sites excluding steroid dienone is 5. The maximum atomic E-state index is 15.2. The largest absolute Gasteiger partial charge is 0.478 e. The number of hydrogen-bond donors (Lipinski definition) is 1. The van der Waals surface area contributed by atoms with Crippen molar-refractivity contribution in [3.05, 3.63) is 77.4 Å². The third-order valence-corrected chi connectivity index (χ3v) is 7.49. The van der Waals surface area contributed by atoms with Gasteiger partial charge in [0, 0.05) is 48.9 Å². The number of morpholine rings is 1. The van der Waals surface area contributed by atoms with Crippen LogP contribution < -0.4 is 0 Å². The lowest BCUT2D eigenvalue weighted by atomic mass is 9.97. The Balaban J connectivity index is 0.00000474. The number of hydrogen-bond acceptors (Lipinski definition) is 6. The van der Waals surface area contributed by atoms with Crippen molar-refractivity contribution in [3.63, 3.8) is 0 Å². The zero-order chi connectivity index (χ0) is 33.8. The third-order valence-electron chi connectivity index (χ3n) is 7.16. The first-order valence-corrected chi connectivity index (χ1v) is 14.9. The molecule has 1 aromatic heterocycles. The Hall–Kier alpha value is -3.45. The van der Waals surface area contributed by atoms with Gasteiger partial charge in [0.05, 0.1) is 23.4 Å². The minimum Gasteiger partial charge on any atom is -0.478 e. The number of carbonyl (C=O) groups is 2. The summed E-state index contributed by atoms with van der Waals surface area (Å²) >= 11 is 6.04. The lowest BCUT2D eigenvalue weighted by Gasteiger charge is -2.42. The maximum absolute atomic E-state index is 15.2. The van der Waals surface area contributed by atoms with Gasteiger partial charge in [-0.3, -0.25) is 14.4 Å². The lowest BCUT2D eigenvalue weighted by Crippen LogP contribution is -2.55. The van der Waals surface area contributed by atoms with Gasteiger partial charge < -0.3 is 14.7 Å². The van der Waals surface area contributed by atoms with Crippen molar-refractivity contribution in [2.24, 2.45) is 0 Å². The molecule has 2 heterocycles. The molecule has 0 radical (unpaired) electrons. The molecule has 8 nitrogen and oxygen atoms in total. The fraction of sp³-hybridized carbons (Fsp3) is 0.500. The third kappa shape index (κ3) is 11.2. The number of halogens is 2. The molecule has 0 aliphatic carbocycles. The number of terminal acetylenes is 1. The van der Waals surface area contributed by atoms with Gasteiger partial charge >= 0.3 is 11.9 Å². The van der Waals surface area contributed by atoms with Crippen molar-refractivity contribution in [1.29, 1.82) is 0 Å². The molecule has 1 N–H and O–H groups in total. The van der Waals surface area contributed by atoms with Crippen LogP contribution in [-0.4, -0.2) is 75.0 Å². The molecule has 10 heteroatoms. The van der Waals surface area contributed by atoms with Gasteiger partial charge in [0.15, 0.2) is 0 Å². The van der Waals surface area contributed by atoms with Gasteiger partial charge in [0.25, 0.3) is 0 Å². The number of esters is 1. The van der Waals surface area contributed by atoms with E-state index in [1.165, 1.54) is 12.2 Å². The molecule has 3 unspecified atom stereocenters. The Morgan fingerprint density at radius 1 is 1.36 bits per heavy atom. The summed E-state index contributed by atoms with van der Waals surface area (Å²) in [5, 5.41) is 14.2. The van der Waals surface area contributed by atoms with E-state index in [9.17, 15) is 14.7 Å². The fourth-order valence-corrected chi connectivity index (χ4v) is 4.68. The average molecular weight is 631 g/mol. The summed E-state index contributed by atoms with van der Waals surface area (Å²) in [6.07, 6.45) is 15.9. The number of aromatic nitrogens is 2. The molecule has 1 aliphatic heterocycles. The van der Waals surface area contributed by atoms with Crippen LogP contribution in [0.15, 0.2) is 66.2 Å². The first-order valence-electron chi connectivity index (χ1n) is 14.5. The van der Waals surface area contributed by atoms with E-state index >= 15 is 4.39 Å². The highest BCUT2D eigenvalue weighted by atomic mass is 35.5. The number of carboxylic acids is 1. The molecule has 1 aliphatic rings. The molecular weight excluding hydrogens is 583 g/mol. The second kappa shape index (κ2) is 17.1. The van der Waals surface area contributed by atoms with Crippen molar-refractivity contribution in [3.8, 4) is 12.3 Å². The van der Waals surface area contributed by atoms with E-state index in [4.69, 9.17) is 27.9 Å². The zero-order valence-electron chi connectivity index (χ0n) is 27.4. The SMILES string of the molecule is C#CC(/C(F)=C\C(Cl)=C/C)c1nn(C(C)(C)C)cc1CN(C)CCC1(C)CN(C(C)/C=C\C(=C/C)C(=O)O)CC(=O)O1.C=C. The van der Waals surface area contributed by atoms with Gasteiger partial charge in [-0.1, -0.05) is 41.8 Å². The second-order valence-electron chi connectivity index (χ2n) is 11.9. The summed E-state index contributed by atoms with van der Waals surface area (Å²) in [7, 11) is 1.94. The fourth-order valence-electron chi connectivity index (χ4n) is 4.58. The molecule has 0 amide bonds. The highest BCUT2D eigenvalue weighted by Crippen LogP contribution is 2.31. The van der Waals surface area contributed by atoms with Crippen LogP contribution >= 0.6 is 11.6 Å². The standard InChI is InChI=1S/C32H44ClFN4O4.C2H4/c1-10-23(30(40)41)14-13-22(4)37-20-28(39)42-32(8,21-37)15-16-36(9)18-24-19-38(31(5,6)7)35-29(24)26(12-3)27(34)17-25(33)11-2;1-2/h3,10-11,13-14,17,19,22,26H,15-16,18,20-21H2,1-2,4-9H3,(H,40,41);1-2H2/b14-13-,23-10+,25-11+,27-17+;. The second-order valence-corrected chi connectivity index (χ2v) is 12.4. The molecule has 2 rings (SSSR count). The number of carboxylic acid groups (broad SMARTS) is 1. The van der Waals surface area contributed by atoms with Gasteiger partial charge in [-0.15, -0.1) is 19.6 Å². The molecule has 1 aromatic rings. The number of ether oxygens (including phenoxy) is 1. The van der Waals surface area contributed by atoms with Crippen LogP contribution in [-0.2, 0) is 26.4 Å². The molecular formula is C34H48ClFN4O4. The van der Waals surface area contributed by atoms with Crippen molar-refractivity contribution in [2.75, 3.05) is 26.7 Å². The van der Waals surface area contributed by atoms with Crippen LogP contribution in [0.5, 0.6) is 0 Å². The van der Waals surface area contributed by atoms with Crippen LogP contribution in [0.3, 0.4) is 0 Å². The summed E-state index contributed by atoms with van der Waals surface area (Å²) in [4.78, 5) is 27.9. The van der Waals surface area contributed by atoms with E-state index in [1.807, 2.05) is 52.8 Å². The topological polar surface area (TPSA) is 87.9 Å². The predicted molar refractivity (Wildman–Crippen MR) is 176 cm³/mol. The smallest absolute Gasteiger partial charge is 0.335 e. The average Bonchev–Trinajstić information content (AvgIpc) is 3.36. The van der Waals surface area contributed by atoms with E-state index in [-0.39, 0.29) is 34.7 Å². The molecule has 1 fully saturated rings. The first kappa shape index (κ1) is 38.6. The van der Waals surface area contributed by atoms with Crippen molar-refractivity contribution in [2.45, 2.75) is 84.5 Å². The highest BCUT2D eigenvalue weighted by Gasteiger charge is 2.38. The summed E-state index contributed by atoms with van der Waals surface area (Å²) in [5.41, 5.74) is 0.340. The Kier molecular flexibility index (Phi) is 15.0. The summed E-state index contributed by atoms with van der Waals surface area (Å²) in [6, 6.07) is -0.172. The normalized spacial score (nSPS) is 20.1. The Morgan fingerprint density at radius 2 is 2.00 bits per heavy atom. The van der Waals surface area contributed by atoms with Crippen molar-refractivity contribution >= 4 is 23.5 Å². The zero-order valence-corrected chi connectivity index (χ0v) is 28.1. The van der Waals surface area contributed by atoms with Crippen LogP contribution in [0.25, 0.3) is 0 Å². The first-order chi connectivity index (χ1) is 20.5. The minimum atomic E-state index is -1.00. The van der Waals surface area contributed by atoms with Crippen molar-refractivity contribution < 1.29 is 23.8 Å². The molecule has 242 valence electrons. The monoisotopic (exact) mass is 630 g/mol. The van der Waals surface area contributed by atoms with E-state index in [0.29, 0.717) is 31.7 Å². The molecule has 0 saturated carbocycles. The van der Waals surface area contributed by atoms with Crippen LogP contribution in [0, 0.1) is 12.3 Å². The molecule has 0 bridgehead atoms. The summed E-state index contributed by atoms with van der Waals surface area (Å²) in [6.45, 7) is 20.9. The molecule has 0 aromatic carbocycles. The van der Waals surface area contributed by atoms with Gasteiger partial charge in [0.2, 0.25) is 0 Å². The Bertz CT molecular complexity index is 1320. The Labute approximate surface area is 267 Å². The van der Waals surface area contributed by atoms with Gasteiger partial charge in [-0.05, 0) is 61.6 Å². The van der Waals surface area contributed by atoms with Crippen LogP contribution in [0.2, 0.25) is 0 Å². The summed E-state index contributed by atoms with van der Waals surface area (Å²) < 4.78 is 22.8. The van der Waals surface area contributed by atoms with E-state index < -0.39 is 23.3 Å². The maximum Gasteiger partial charge on any atom is 0.335 e. The molecule has 0 spiro atoms. The molecule has 44 heavy (non-hydrogen) atoms. The van der Waals surface area contributed by atoms with Crippen molar-refractivity contribution in [1.82, 2.24) is 19.6 Å². The number of carbonyl (C=O) groups excluding carboxylic acids is 1. The number of aliphatic carboxylic acids is 1. The number of nitrogens with zero attached hydrogens (tertiary/aromatic N) is 4. The van der Waals surface area contributed by atoms with Gasteiger partial charge in [-0.2, -0.15) is 5.10 Å². The highest BCUT2D eigenvalue weighted by molar-refractivity contribution is 6.31. The van der Waals surface area contributed by atoms with E-state index in [2.05, 4.69) is 24.0 Å².